The SMILES string of the molecule is O=c1sccn1Cc1nc(Cl)c2ccsc2n1. The van der Waals surface area contributed by atoms with Crippen LogP contribution in [-0.2, 0) is 6.54 Å². The average Bonchev–Trinajstić information content (AvgIpc) is 2.89. The maximum atomic E-state index is 11.4. The van der Waals surface area contributed by atoms with Crippen molar-refractivity contribution in [3.63, 3.8) is 0 Å². The van der Waals surface area contributed by atoms with Gasteiger partial charge in [0.1, 0.15) is 9.98 Å². The fourth-order valence-electron chi connectivity index (χ4n) is 1.49. The molecule has 0 aliphatic carbocycles. The Morgan fingerprint density at radius 2 is 2.18 bits per heavy atom. The molecule has 0 N–H and O–H groups in total. The third-order valence-electron chi connectivity index (χ3n) is 2.28. The topological polar surface area (TPSA) is 47.8 Å². The summed E-state index contributed by atoms with van der Waals surface area (Å²) in [5, 5.41) is 4.96. The lowest BCUT2D eigenvalue weighted by molar-refractivity contribution is 0.738. The highest BCUT2D eigenvalue weighted by Gasteiger charge is 2.08. The zero-order valence-electron chi connectivity index (χ0n) is 8.46. The van der Waals surface area contributed by atoms with E-state index in [0.717, 1.165) is 21.6 Å². The molecule has 86 valence electrons. The molecule has 17 heavy (non-hydrogen) atoms. The van der Waals surface area contributed by atoms with Gasteiger partial charge in [0, 0.05) is 17.0 Å². The number of thiazole rings is 1. The number of thiophene rings is 1. The van der Waals surface area contributed by atoms with Crippen LogP contribution >= 0.6 is 34.3 Å². The minimum absolute atomic E-state index is 0.0176. The van der Waals surface area contributed by atoms with Gasteiger partial charge >= 0.3 is 4.87 Å². The van der Waals surface area contributed by atoms with Crippen molar-refractivity contribution in [2.45, 2.75) is 6.54 Å². The van der Waals surface area contributed by atoms with Gasteiger partial charge in [0.15, 0.2) is 5.82 Å². The van der Waals surface area contributed by atoms with Crippen LogP contribution in [0.4, 0.5) is 0 Å². The fraction of sp³-hybridized carbons (Fsp3) is 0.100. The summed E-state index contributed by atoms with van der Waals surface area (Å²) < 4.78 is 1.57. The number of rotatable bonds is 2. The van der Waals surface area contributed by atoms with E-state index in [4.69, 9.17) is 11.6 Å². The number of hydrogen-bond acceptors (Lipinski definition) is 5. The van der Waals surface area contributed by atoms with E-state index in [0.29, 0.717) is 17.5 Å². The number of halogens is 1. The van der Waals surface area contributed by atoms with Crippen molar-refractivity contribution in [1.29, 1.82) is 0 Å². The van der Waals surface area contributed by atoms with E-state index in [1.165, 1.54) is 11.3 Å². The molecular formula is C10H6ClN3OS2. The summed E-state index contributed by atoms with van der Waals surface area (Å²) >= 11 is 8.72. The summed E-state index contributed by atoms with van der Waals surface area (Å²) in [4.78, 5) is 20.8. The van der Waals surface area contributed by atoms with Gasteiger partial charge in [0.05, 0.1) is 6.54 Å². The van der Waals surface area contributed by atoms with Gasteiger partial charge in [-0.15, -0.1) is 11.3 Å². The minimum Gasteiger partial charge on any atom is -0.298 e. The maximum Gasteiger partial charge on any atom is 0.307 e. The Kier molecular flexibility index (Phi) is 2.70. The van der Waals surface area contributed by atoms with Gasteiger partial charge in [-0.2, -0.15) is 0 Å². The molecule has 4 nitrogen and oxygen atoms in total. The molecule has 3 aromatic heterocycles. The van der Waals surface area contributed by atoms with Gasteiger partial charge in [-0.3, -0.25) is 9.36 Å². The summed E-state index contributed by atoms with van der Waals surface area (Å²) in [6, 6.07) is 1.89. The largest absolute Gasteiger partial charge is 0.307 e. The van der Waals surface area contributed by atoms with Crippen molar-refractivity contribution < 1.29 is 0 Å². The number of nitrogens with zero attached hydrogens (tertiary/aromatic N) is 3. The molecule has 0 atom stereocenters. The predicted molar refractivity (Wildman–Crippen MR) is 70.1 cm³/mol. The molecule has 0 aliphatic heterocycles. The van der Waals surface area contributed by atoms with Crippen LogP contribution < -0.4 is 4.87 Å². The molecule has 0 amide bonds. The van der Waals surface area contributed by atoms with Crippen molar-refractivity contribution in [1.82, 2.24) is 14.5 Å². The molecule has 0 aromatic carbocycles. The van der Waals surface area contributed by atoms with Gasteiger partial charge in [0.2, 0.25) is 0 Å². The Morgan fingerprint density at radius 3 is 2.94 bits per heavy atom. The van der Waals surface area contributed by atoms with Crippen LogP contribution in [0.25, 0.3) is 10.2 Å². The highest BCUT2D eigenvalue weighted by molar-refractivity contribution is 7.16. The lowest BCUT2D eigenvalue weighted by Gasteiger charge is -2.01. The third kappa shape index (κ3) is 1.99. The monoisotopic (exact) mass is 283 g/mol. The fourth-order valence-corrected chi connectivity index (χ4v) is 3.17. The molecule has 0 bridgehead atoms. The van der Waals surface area contributed by atoms with Gasteiger partial charge in [-0.05, 0) is 11.4 Å². The van der Waals surface area contributed by atoms with Gasteiger partial charge in [-0.25, -0.2) is 9.97 Å². The van der Waals surface area contributed by atoms with Crippen molar-refractivity contribution in [3.05, 3.63) is 43.7 Å². The quantitative estimate of drug-likeness (QED) is 0.679. The van der Waals surface area contributed by atoms with Crippen LogP contribution in [0, 0.1) is 0 Å². The first-order valence-electron chi connectivity index (χ1n) is 4.77. The lowest BCUT2D eigenvalue weighted by atomic mass is 10.4. The first-order valence-corrected chi connectivity index (χ1v) is 6.91. The molecule has 0 fully saturated rings. The molecule has 0 radical (unpaired) electrons. The predicted octanol–water partition coefficient (Wildman–Crippen LogP) is 2.62. The van der Waals surface area contributed by atoms with E-state index in [2.05, 4.69) is 9.97 Å². The maximum absolute atomic E-state index is 11.4. The van der Waals surface area contributed by atoms with E-state index in [1.54, 1.807) is 16.1 Å². The minimum atomic E-state index is -0.0176. The summed E-state index contributed by atoms with van der Waals surface area (Å²) in [6.45, 7) is 0.357. The molecule has 0 aliphatic rings. The molecule has 3 aromatic rings. The summed E-state index contributed by atoms with van der Waals surface area (Å²) in [5.41, 5.74) is 0. The summed E-state index contributed by atoms with van der Waals surface area (Å²) in [7, 11) is 0. The van der Waals surface area contributed by atoms with E-state index in [-0.39, 0.29) is 4.87 Å². The molecular weight excluding hydrogens is 278 g/mol. The van der Waals surface area contributed by atoms with Crippen LogP contribution in [0.15, 0.2) is 27.8 Å². The number of fused-ring (bicyclic) bond motifs is 1. The molecule has 0 saturated heterocycles. The van der Waals surface area contributed by atoms with Crippen LogP contribution in [0.5, 0.6) is 0 Å². The van der Waals surface area contributed by atoms with Crippen LogP contribution in [0.1, 0.15) is 5.82 Å². The van der Waals surface area contributed by atoms with Gasteiger partial charge in [0.25, 0.3) is 0 Å². The first kappa shape index (κ1) is 10.9. The zero-order valence-corrected chi connectivity index (χ0v) is 10.8. The van der Waals surface area contributed by atoms with E-state index >= 15 is 0 Å². The van der Waals surface area contributed by atoms with Crippen LogP contribution in [0.3, 0.4) is 0 Å². The second-order valence-corrected chi connectivity index (χ2v) is 5.48. The van der Waals surface area contributed by atoms with Gasteiger partial charge < -0.3 is 0 Å². The molecule has 0 saturated carbocycles. The standard InChI is InChI=1S/C10H6ClN3OS2/c11-8-6-1-3-16-9(6)13-7(12-8)5-14-2-4-17-10(14)15/h1-4H,5H2. The molecule has 0 unspecified atom stereocenters. The number of hydrogen-bond donors (Lipinski definition) is 0. The lowest BCUT2D eigenvalue weighted by Crippen LogP contribution is -2.14. The second kappa shape index (κ2) is 4.21. The highest BCUT2D eigenvalue weighted by Crippen LogP contribution is 2.24. The van der Waals surface area contributed by atoms with Crippen molar-refractivity contribution in [2.24, 2.45) is 0 Å². The second-order valence-electron chi connectivity index (χ2n) is 3.37. The summed E-state index contributed by atoms with van der Waals surface area (Å²) in [6.07, 6.45) is 1.73. The molecule has 3 heterocycles. The summed E-state index contributed by atoms with van der Waals surface area (Å²) in [5.74, 6) is 0.561. The normalized spacial score (nSPS) is 11.1. The smallest absolute Gasteiger partial charge is 0.298 e. The molecule has 0 spiro atoms. The Hall–Kier alpha value is -1.24. The number of aromatic nitrogens is 3. The van der Waals surface area contributed by atoms with Crippen molar-refractivity contribution >= 4 is 44.5 Å². The van der Waals surface area contributed by atoms with E-state index in [9.17, 15) is 4.79 Å². The highest BCUT2D eigenvalue weighted by atomic mass is 35.5. The third-order valence-corrected chi connectivity index (χ3v) is 4.07. The van der Waals surface area contributed by atoms with E-state index in [1.807, 2.05) is 11.4 Å². The van der Waals surface area contributed by atoms with E-state index < -0.39 is 0 Å². The molecule has 7 heteroatoms. The zero-order chi connectivity index (χ0) is 11.8. The Balaban J connectivity index is 2.06. The van der Waals surface area contributed by atoms with Crippen LogP contribution in [0.2, 0.25) is 5.15 Å². The first-order chi connectivity index (χ1) is 8.24. The Bertz CT molecular complexity index is 730. The Morgan fingerprint density at radius 1 is 1.29 bits per heavy atom. The average molecular weight is 284 g/mol. The Labute approximate surface area is 109 Å². The van der Waals surface area contributed by atoms with Crippen molar-refractivity contribution in [2.75, 3.05) is 0 Å². The van der Waals surface area contributed by atoms with Crippen LogP contribution in [-0.4, -0.2) is 14.5 Å². The van der Waals surface area contributed by atoms with Gasteiger partial charge in [-0.1, -0.05) is 22.9 Å². The van der Waals surface area contributed by atoms with Crippen molar-refractivity contribution in [3.8, 4) is 0 Å². The molecule has 3 rings (SSSR count).